The minimum absolute atomic E-state index is 0.0102. The first-order valence-electron chi connectivity index (χ1n) is 9.65. The maximum atomic E-state index is 13.1. The van der Waals surface area contributed by atoms with Crippen molar-refractivity contribution < 1.29 is 14.3 Å². The average molecular weight is 374 g/mol. The molecule has 2 heterocycles. The lowest BCUT2D eigenvalue weighted by molar-refractivity contribution is -0.130. The van der Waals surface area contributed by atoms with Gasteiger partial charge in [-0.25, -0.2) is 10.4 Å². The summed E-state index contributed by atoms with van der Waals surface area (Å²) in [5.41, 5.74) is 4.13. The second-order valence-electron chi connectivity index (χ2n) is 7.77. The Morgan fingerprint density at radius 3 is 2.70 bits per heavy atom. The number of nitrogens with one attached hydrogen (secondary N) is 2. The van der Waals surface area contributed by atoms with Gasteiger partial charge in [0.2, 0.25) is 11.8 Å². The van der Waals surface area contributed by atoms with E-state index in [1.165, 1.54) is 0 Å². The van der Waals surface area contributed by atoms with E-state index in [4.69, 9.17) is 4.74 Å². The summed E-state index contributed by atoms with van der Waals surface area (Å²) in [5, 5.41) is 4.65. The van der Waals surface area contributed by atoms with Crippen LogP contribution in [0.15, 0.2) is 30.3 Å². The van der Waals surface area contributed by atoms with Crippen LogP contribution in [0.3, 0.4) is 0 Å². The van der Waals surface area contributed by atoms with Crippen LogP contribution in [0.4, 0.5) is 5.69 Å². The van der Waals surface area contributed by atoms with Crippen molar-refractivity contribution >= 4 is 17.5 Å². The molecule has 0 radical (unpaired) electrons. The lowest BCUT2D eigenvalue weighted by Gasteiger charge is -2.38. The molecule has 2 aliphatic heterocycles. The number of ether oxygens (including phenoxy) is 1. The standard InChI is InChI=1S/C20H30N4O3/c1-14(2)11-21-19(25)16-12-23(9-10-27-3)13-17-18(16)22-24(20(17)26)15-7-5-4-6-8-15/h4-8,14,16-18,22H,9-13H2,1-3H3,(H,21,25). The number of nitrogens with zero attached hydrogens (tertiary/aromatic N) is 2. The molecule has 148 valence electrons. The number of anilines is 1. The van der Waals surface area contributed by atoms with Gasteiger partial charge in [0.1, 0.15) is 0 Å². The van der Waals surface area contributed by atoms with Gasteiger partial charge < -0.3 is 10.1 Å². The average Bonchev–Trinajstić information content (AvgIpc) is 3.01. The third-order valence-corrected chi connectivity index (χ3v) is 5.24. The fourth-order valence-electron chi connectivity index (χ4n) is 3.79. The zero-order valence-electron chi connectivity index (χ0n) is 16.4. The first-order chi connectivity index (χ1) is 13.0. The van der Waals surface area contributed by atoms with Crippen LogP contribution in [0.2, 0.25) is 0 Å². The van der Waals surface area contributed by atoms with Gasteiger partial charge in [0, 0.05) is 33.3 Å². The van der Waals surface area contributed by atoms with Crippen LogP contribution in [-0.2, 0) is 14.3 Å². The summed E-state index contributed by atoms with van der Waals surface area (Å²) in [4.78, 5) is 28.1. The molecule has 1 aromatic rings. The monoisotopic (exact) mass is 374 g/mol. The van der Waals surface area contributed by atoms with Crippen LogP contribution >= 0.6 is 0 Å². The zero-order valence-corrected chi connectivity index (χ0v) is 16.4. The number of methoxy groups -OCH3 is 1. The van der Waals surface area contributed by atoms with Crippen molar-refractivity contribution in [2.45, 2.75) is 19.9 Å². The van der Waals surface area contributed by atoms with E-state index in [0.29, 0.717) is 38.7 Å². The molecule has 1 aromatic carbocycles. The molecule has 7 nitrogen and oxygen atoms in total. The van der Waals surface area contributed by atoms with Crippen molar-refractivity contribution in [2.75, 3.05) is 44.9 Å². The van der Waals surface area contributed by atoms with Crippen molar-refractivity contribution in [3.05, 3.63) is 30.3 Å². The molecule has 0 aliphatic carbocycles. The fraction of sp³-hybridized carbons (Fsp3) is 0.600. The minimum atomic E-state index is -0.281. The lowest BCUT2D eigenvalue weighted by atomic mass is 9.84. The molecule has 2 amide bonds. The molecule has 3 rings (SSSR count). The summed E-state index contributed by atoms with van der Waals surface area (Å²) in [6.07, 6.45) is 0. The summed E-state index contributed by atoms with van der Waals surface area (Å²) in [6, 6.07) is 9.35. The van der Waals surface area contributed by atoms with E-state index in [1.54, 1.807) is 12.1 Å². The van der Waals surface area contributed by atoms with Crippen molar-refractivity contribution in [2.24, 2.45) is 17.8 Å². The number of rotatable bonds is 7. The Hall–Kier alpha value is -1.96. The van der Waals surface area contributed by atoms with E-state index < -0.39 is 0 Å². The first-order valence-corrected chi connectivity index (χ1v) is 9.65. The molecule has 7 heteroatoms. The quantitative estimate of drug-likeness (QED) is 0.741. The number of hydrazine groups is 1. The van der Waals surface area contributed by atoms with Gasteiger partial charge in [-0.15, -0.1) is 0 Å². The third-order valence-electron chi connectivity index (χ3n) is 5.24. The number of hydrogen-bond donors (Lipinski definition) is 2. The van der Waals surface area contributed by atoms with Crippen LogP contribution in [0.5, 0.6) is 0 Å². The molecule has 0 bridgehead atoms. The van der Waals surface area contributed by atoms with Crippen LogP contribution in [0.25, 0.3) is 0 Å². The summed E-state index contributed by atoms with van der Waals surface area (Å²) < 4.78 is 5.19. The largest absolute Gasteiger partial charge is 0.383 e. The van der Waals surface area contributed by atoms with Gasteiger partial charge >= 0.3 is 0 Å². The molecular weight excluding hydrogens is 344 g/mol. The fourth-order valence-corrected chi connectivity index (χ4v) is 3.79. The predicted molar refractivity (Wildman–Crippen MR) is 104 cm³/mol. The Morgan fingerprint density at radius 2 is 2.04 bits per heavy atom. The van der Waals surface area contributed by atoms with E-state index in [0.717, 1.165) is 5.69 Å². The van der Waals surface area contributed by atoms with E-state index in [2.05, 4.69) is 29.5 Å². The molecule has 0 spiro atoms. The van der Waals surface area contributed by atoms with Crippen LogP contribution in [-0.4, -0.2) is 62.7 Å². The number of carbonyl (C=O) groups is 2. The molecule has 0 aromatic heterocycles. The number of likely N-dealkylation sites (tertiary alicyclic amines) is 1. The highest BCUT2D eigenvalue weighted by Crippen LogP contribution is 2.31. The van der Waals surface area contributed by atoms with Crippen LogP contribution in [0.1, 0.15) is 13.8 Å². The van der Waals surface area contributed by atoms with Gasteiger partial charge in [0.15, 0.2) is 0 Å². The Bertz CT molecular complexity index is 652. The van der Waals surface area contributed by atoms with Crippen molar-refractivity contribution in [1.29, 1.82) is 0 Å². The number of carbonyl (C=O) groups excluding carboxylic acids is 2. The number of hydrogen-bond acceptors (Lipinski definition) is 5. The summed E-state index contributed by atoms with van der Waals surface area (Å²) in [6.45, 7) is 7.34. The molecular formula is C20H30N4O3. The number of piperidine rings is 1. The van der Waals surface area contributed by atoms with Crippen molar-refractivity contribution in [3.8, 4) is 0 Å². The highest BCUT2D eigenvalue weighted by atomic mass is 16.5. The SMILES string of the molecule is COCCN1CC(C(=O)NCC(C)C)C2NN(c3ccccc3)C(=O)C2C1. The molecule has 2 fully saturated rings. The van der Waals surface area contributed by atoms with E-state index in [-0.39, 0.29) is 29.7 Å². The molecule has 27 heavy (non-hydrogen) atoms. The maximum Gasteiger partial charge on any atom is 0.247 e. The predicted octanol–water partition coefficient (Wildman–Crippen LogP) is 0.873. The Labute approximate surface area is 161 Å². The van der Waals surface area contributed by atoms with Crippen molar-refractivity contribution in [1.82, 2.24) is 15.6 Å². The summed E-state index contributed by atoms with van der Waals surface area (Å²) in [7, 11) is 1.67. The Balaban J connectivity index is 1.79. The number of amides is 2. The lowest BCUT2D eigenvalue weighted by Crippen LogP contribution is -2.57. The molecule has 2 N–H and O–H groups in total. The molecule has 2 aliphatic rings. The molecule has 3 atom stereocenters. The number of para-hydroxylation sites is 1. The number of fused-ring (bicyclic) bond motifs is 1. The van der Waals surface area contributed by atoms with Gasteiger partial charge in [-0.3, -0.25) is 14.5 Å². The van der Waals surface area contributed by atoms with Crippen LogP contribution < -0.4 is 15.8 Å². The van der Waals surface area contributed by atoms with E-state index in [1.807, 2.05) is 30.3 Å². The van der Waals surface area contributed by atoms with Crippen molar-refractivity contribution in [3.63, 3.8) is 0 Å². The Morgan fingerprint density at radius 1 is 1.30 bits per heavy atom. The second-order valence-corrected chi connectivity index (χ2v) is 7.77. The molecule has 3 unspecified atom stereocenters. The topological polar surface area (TPSA) is 73.9 Å². The van der Waals surface area contributed by atoms with Crippen LogP contribution in [0, 0.1) is 17.8 Å². The van der Waals surface area contributed by atoms with Gasteiger partial charge in [0.05, 0.1) is 30.2 Å². The van der Waals surface area contributed by atoms with E-state index in [9.17, 15) is 9.59 Å². The van der Waals surface area contributed by atoms with Gasteiger partial charge in [-0.05, 0) is 18.1 Å². The summed E-state index contributed by atoms with van der Waals surface area (Å²) in [5.74, 6) is -0.106. The normalized spacial score (nSPS) is 25.7. The Kier molecular flexibility index (Phi) is 6.46. The number of benzene rings is 1. The highest BCUT2D eigenvalue weighted by Gasteiger charge is 2.50. The molecule has 2 saturated heterocycles. The smallest absolute Gasteiger partial charge is 0.247 e. The highest BCUT2D eigenvalue weighted by molar-refractivity contribution is 5.98. The second kappa shape index (κ2) is 8.82. The van der Waals surface area contributed by atoms with Gasteiger partial charge in [-0.1, -0.05) is 32.0 Å². The minimum Gasteiger partial charge on any atom is -0.383 e. The van der Waals surface area contributed by atoms with E-state index >= 15 is 0 Å². The first kappa shape index (κ1) is 19.8. The zero-order chi connectivity index (χ0) is 19.4. The maximum absolute atomic E-state index is 13.1. The van der Waals surface area contributed by atoms with Gasteiger partial charge in [-0.2, -0.15) is 0 Å². The van der Waals surface area contributed by atoms with Gasteiger partial charge in [0.25, 0.3) is 0 Å². The summed E-state index contributed by atoms with van der Waals surface area (Å²) >= 11 is 0. The third kappa shape index (κ3) is 4.48. The molecule has 0 saturated carbocycles.